The first-order valence-electron chi connectivity index (χ1n) is 8.58. The molecule has 1 aromatic heterocycles. The van der Waals surface area contributed by atoms with E-state index in [1.54, 1.807) is 12.1 Å². The van der Waals surface area contributed by atoms with E-state index in [4.69, 9.17) is 0 Å². The molecule has 0 amide bonds. The summed E-state index contributed by atoms with van der Waals surface area (Å²) in [5.74, 6) is 0.761. The molecule has 0 unspecified atom stereocenters. The first-order chi connectivity index (χ1) is 10.8. The number of nitrogens with one attached hydrogen (secondary N) is 1. The summed E-state index contributed by atoms with van der Waals surface area (Å²) in [6, 6.07) is 3.73. The first-order valence-corrected chi connectivity index (χ1v) is 10.0. The fraction of sp³-hybridized carbons (Fsp3) is 0.706. The van der Waals surface area contributed by atoms with Crippen LogP contribution in [0.5, 0.6) is 0 Å². The van der Waals surface area contributed by atoms with Crippen LogP contribution in [-0.4, -0.2) is 35.8 Å². The molecule has 130 valence electrons. The molecule has 0 saturated heterocycles. The van der Waals surface area contributed by atoms with E-state index in [0.29, 0.717) is 6.04 Å². The maximum Gasteiger partial charge on any atom is 0.245 e. The third-order valence-corrected chi connectivity index (χ3v) is 6.52. The molecular formula is C17H29N3O2S. The quantitative estimate of drug-likeness (QED) is 0.859. The van der Waals surface area contributed by atoms with Gasteiger partial charge >= 0.3 is 0 Å². The van der Waals surface area contributed by atoms with Crippen LogP contribution in [0.25, 0.3) is 0 Å². The van der Waals surface area contributed by atoms with Gasteiger partial charge in [-0.25, -0.2) is 13.4 Å². The second-order valence-electron chi connectivity index (χ2n) is 6.88. The Morgan fingerprint density at radius 1 is 1.09 bits per heavy atom. The highest BCUT2D eigenvalue weighted by molar-refractivity contribution is 7.89. The van der Waals surface area contributed by atoms with Crippen LogP contribution in [0.4, 0.5) is 5.82 Å². The van der Waals surface area contributed by atoms with Gasteiger partial charge in [0.1, 0.15) is 10.7 Å². The molecule has 0 radical (unpaired) electrons. The first kappa shape index (κ1) is 18.2. The van der Waals surface area contributed by atoms with Gasteiger partial charge in [-0.1, -0.05) is 19.3 Å². The van der Waals surface area contributed by atoms with Crippen LogP contribution in [-0.2, 0) is 10.0 Å². The van der Waals surface area contributed by atoms with Gasteiger partial charge in [-0.2, -0.15) is 4.31 Å². The number of hydrogen-bond acceptors (Lipinski definition) is 4. The molecule has 6 heteroatoms. The molecule has 1 heterocycles. The number of pyridine rings is 1. The molecule has 5 nitrogen and oxygen atoms in total. The SMILES string of the molecule is CC(C)N(C(C)C)S(=O)(=O)c1ccc(NC2CCCCC2)nc1. The highest BCUT2D eigenvalue weighted by atomic mass is 32.2. The number of hydrogen-bond donors (Lipinski definition) is 1. The van der Waals surface area contributed by atoms with Crippen molar-refractivity contribution in [2.75, 3.05) is 5.32 Å². The maximum absolute atomic E-state index is 12.8. The van der Waals surface area contributed by atoms with Crippen LogP contribution < -0.4 is 5.32 Å². The van der Waals surface area contributed by atoms with Crippen LogP contribution in [0, 0.1) is 0 Å². The summed E-state index contributed by atoms with van der Waals surface area (Å²) >= 11 is 0. The number of anilines is 1. The van der Waals surface area contributed by atoms with Crippen molar-refractivity contribution in [3.8, 4) is 0 Å². The summed E-state index contributed by atoms with van der Waals surface area (Å²) in [6.07, 6.45) is 7.61. The molecular weight excluding hydrogens is 310 g/mol. The van der Waals surface area contributed by atoms with Crippen LogP contribution in [0.15, 0.2) is 23.2 Å². The van der Waals surface area contributed by atoms with Crippen molar-refractivity contribution in [2.45, 2.75) is 82.8 Å². The lowest BCUT2D eigenvalue weighted by Crippen LogP contribution is -2.41. The highest BCUT2D eigenvalue weighted by Gasteiger charge is 2.29. The van der Waals surface area contributed by atoms with Crippen molar-refractivity contribution in [1.82, 2.24) is 9.29 Å². The summed E-state index contributed by atoms with van der Waals surface area (Å²) < 4.78 is 27.1. The van der Waals surface area contributed by atoms with E-state index in [1.807, 2.05) is 27.7 Å². The third kappa shape index (κ3) is 4.44. The Hall–Kier alpha value is -1.14. The molecule has 1 aliphatic rings. The Morgan fingerprint density at radius 3 is 2.17 bits per heavy atom. The van der Waals surface area contributed by atoms with Gasteiger partial charge in [0, 0.05) is 24.3 Å². The second-order valence-corrected chi connectivity index (χ2v) is 8.72. The van der Waals surface area contributed by atoms with Gasteiger partial charge in [-0.15, -0.1) is 0 Å². The van der Waals surface area contributed by atoms with E-state index in [-0.39, 0.29) is 17.0 Å². The average molecular weight is 340 g/mol. The Balaban J connectivity index is 2.14. The minimum Gasteiger partial charge on any atom is -0.367 e. The predicted molar refractivity (Wildman–Crippen MR) is 94.0 cm³/mol. The minimum absolute atomic E-state index is 0.0833. The molecule has 0 aliphatic heterocycles. The van der Waals surface area contributed by atoms with Crippen molar-refractivity contribution in [3.63, 3.8) is 0 Å². The van der Waals surface area contributed by atoms with Gasteiger partial charge in [-0.05, 0) is 52.7 Å². The van der Waals surface area contributed by atoms with E-state index >= 15 is 0 Å². The fourth-order valence-electron chi connectivity index (χ4n) is 3.35. The molecule has 0 bridgehead atoms. The van der Waals surface area contributed by atoms with Crippen molar-refractivity contribution >= 4 is 15.8 Å². The molecule has 0 aromatic carbocycles. The highest BCUT2D eigenvalue weighted by Crippen LogP contribution is 2.23. The number of rotatable bonds is 6. The van der Waals surface area contributed by atoms with Crippen molar-refractivity contribution in [1.29, 1.82) is 0 Å². The molecule has 0 atom stereocenters. The fourth-order valence-corrected chi connectivity index (χ4v) is 5.13. The molecule has 2 rings (SSSR count). The zero-order valence-electron chi connectivity index (χ0n) is 14.6. The van der Waals surface area contributed by atoms with Crippen LogP contribution in [0.2, 0.25) is 0 Å². The lowest BCUT2D eigenvalue weighted by atomic mass is 9.95. The minimum atomic E-state index is -3.51. The molecule has 1 aromatic rings. The zero-order valence-corrected chi connectivity index (χ0v) is 15.4. The van der Waals surface area contributed by atoms with Crippen molar-refractivity contribution in [2.24, 2.45) is 0 Å². The second kappa shape index (κ2) is 7.62. The van der Waals surface area contributed by atoms with Gasteiger partial charge in [-0.3, -0.25) is 0 Å². The van der Waals surface area contributed by atoms with Gasteiger partial charge in [0.05, 0.1) is 0 Å². The Labute approximate surface area is 140 Å². The molecule has 23 heavy (non-hydrogen) atoms. The lowest BCUT2D eigenvalue weighted by Gasteiger charge is -2.29. The van der Waals surface area contributed by atoms with E-state index in [2.05, 4.69) is 10.3 Å². The largest absolute Gasteiger partial charge is 0.367 e. The molecule has 1 aliphatic carbocycles. The van der Waals surface area contributed by atoms with Crippen LogP contribution >= 0.6 is 0 Å². The number of aromatic nitrogens is 1. The normalized spacial score (nSPS) is 17.2. The van der Waals surface area contributed by atoms with Gasteiger partial charge in [0.2, 0.25) is 10.0 Å². The van der Waals surface area contributed by atoms with Crippen LogP contribution in [0.3, 0.4) is 0 Å². The van der Waals surface area contributed by atoms with E-state index < -0.39 is 10.0 Å². The summed E-state index contributed by atoms with van der Waals surface area (Å²) in [4.78, 5) is 4.58. The third-order valence-electron chi connectivity index (χ3n) is 4.29. The maximum atomic E-state index is 12.8. The number of nitrogens with zero attached hydrogens (tertiary/aromatic N) is 2. The average Bonchev–Trinajstić information content (AvgIpc) is 2.47. The van der Waals surface area contributed by atoms with Crippen molar-refractivity contribution in [3.05, 3.63) is 18.3 Å². The lowest BCUT2D eigenvalue weighted by molar-refractivity contribution is 0.302. The predicted octanol–water partition coefficient (Wildman–Crippen LogP) is 3.63. The molecule has 1 N–H and O–H groups in total. The van der Waals surface area contributed by atoms with Crippen LogP contribution in [0.1, 0.15) is 59.8 Å². The van der Waals surface area contributed by atoms with Gasteiger partial charge < -0.3 is 5.32 Å². The molecule has 0 spiro atoms. The van der Waals surface area contributed by atoms with E-state index in [1.165, 1.54) is 29.8 Å². The smallest absolute Gasteiger partial charge is 0.245 e. The van der Waals surface area contributed by atoms with E-state index in [0.717, 1.165) is 18.7 Å². The van der Waals surface area contributed by atoms with Gasteiger partial charge in [0.25, 0.3) is 0 Å². The topological polar surface area (TPSA) is 62.3 Å². The van der Waals surface area contributed by atoms with Crippen molar-refractivity contribution < 1.29 is 8.42 Å². The summed E-state index contributed by atoms with van der Waals surface area (Å²) in [5, 5.41) is 3.41. The summed E-state index contributed by atoms with van der Waals surface area (Å²) in [7, 11) is -3.51. The Kier molecular flexibility index (Phi) is 6.03. The standard InChI is InChI=1S/C17H29N3O2S/c1-13(2)20(14(3)4)23(21,22)16-10-11-17(18-12-16)19-15-8-6-5-7-9-15/h10-15H,5-9H2,1-4H3,(H,18,19). The number of sulfonamides is 1. The molecule has 1 saturated carbocycles. The van der Waals surface area contributed by atoms with E-state index in [9.17, 15) is 8.42 Å². The van der Waals surface area contributed by atoms with Gasteiger partial charge in [0.15, 0.2) is 0 Å². The molecule has 1 fully saturated rings. The Bertz CT molecular complexity index is 583. The zero-order chi connectivity index (χ0) is 17.0. The summed E-state index contributed by atoms with van der Waals surface area (Å²) in [5.41, 5.74) is 0. The summed E-state index contributed by atoms with van der Waals surface area (Å²) in [6.45, 7) is 7.57. The monoisotopic (exact) mass is 339 g/mol. The Morgan fingerprint density at radius 2 is 1.70 bits per heavy atom.